The normalized spacial score (nSPS) is 19.3. The van der Waals surface area contributed by atoms with Crippen molar-refractivity contribution in [2.75, 3.05) is 13.1 Å². The van der Waals surface area contributed by atoms with Crippen LogP contribution in [0.15, 0.2) is 11.4 Å². The van der Waals surface area contributed by atoms with Gasteiger partial charge >= 0.3 is 0 Å². The third kappa shape index (κ3) is 4.33. The first kappa shape index (κ1) is 16.1. The highest BCUT2D eigenvalue weighted by molar-refractivity contribution is 7.10. The lowest BCUT2D eigenvalue weighted by molar-refractivity contribution is -0.131. The number of hydrogen-bond acceptors (Lipinski definition) is 3. The number of carbonyl (C=O) groups excluding carboxylic acids is 1. The first-order chi connectivity index (χ1) is 10.1. The Balaban J connectivity index is 2.05. The number of amides is 1. The molecule has 114 valence electrons. The Bertz CT molecular complexity index is 538. The van der Waals surface area contributed by atoms with Crippen molar-refractivity contribution < 1.29 is 4.79 Å². The fourth-order valence-electron chi connectivity index (χ4n) is 2.79. The number of nitrogens with two attached hydrogens (primary N) is 1. The molecule has 0 aromatic carbocycles. The Hall–Kier alpha value is -1.31. The van der Waals surface area contributed by atoms with Crippen molar-refractivity contribution in [2.45, 2.75) is 39.7 Å². The van der Waals surface area contributed by atoms with Gasteiger partial charge in [0.1, 0.15) is 0 Å². The number of hydrogen-bond donors (Lipinski definition) is 1. The molecule has 1 aromatic rings. The summed E-state index contributed by atoms with van der Waals surface area (Å²) >= 11 is 1.67. The van der Waals surface area contributed by atoms with Gasteiger partial charge in [0.05, 0.1) is 13.1 Å². The zero-order valence-corrected chi connectivity index (χ0v) is 13.7. The molecular weight excluding hydrogens is 280 g/mol. The smallest absolute Gasteiger partial charge is 0.222 e. The lowest BCUT2D eigenvalue weighted by atomic mass is 9.89. The standard InChI is InChI=1S/C17H24N2OS/c1-13(2)14-5-6-17(20)19(10-7-14)12-16-15(4-3-9-18)8-11-21-16/h8,11,13-14H,5-7,9-10,12,18H2,1-2H3. The minimum absolute atomic E-state index is 0.282. The molecule has 1 fully saturated rings. The lowest BCUT2D eigenvalue weighted by Gasteiger charge is -2.21. The van der Waals surface area contributed by atoms with Gasteiger partial charge in [-0.1, -0.05) is 25.7 Å². The van der Waals surface area contributed by atoms with E-state index >= 15 is 0 Å². The summed E-state index contributed by atoms with van der Waals surface area (Å²) in [5.74, 6) is 7.60. The summed E-state index contributed by atoms with van der Waals surface area (Å²) in [6.45, 7) is 6.43. The average molecular weight is 304 g/mol. The lowest BCUT2D eigenvalue weighted by Crippen LogP contribution is -2.29. The predicted molar refractivity (Wildman–Crippen MR) is 87.8 cm³/mol. The minimum atomic E-state index is 0.282. The summed E-state index contributed by atoms with van der Waals surface area (Å²) < 4.78 is 0. The van der Waals surface area contributed by atoms with E-state index in [-0.39, 0.29) is 5.91 Å². The van der Waals surface area contributed by atoms with Crippen LogP contribution in [0.3, 0.4) is 0 Å². The van der Waals surface area contributed by atoms with Crippen molar-refractivity contribution in [3.8, 4) is 11.8 Å². The van der Waals surface area contributed by atoms with Gasteiger partial charge in [-0.3, -0.25) is 4.79 Å². The first-order valence-corrected chi connectivity index (χ1v) is 8.53. The van der Waals surface area contributed by atoms with E-state index in [1.54, 1.807) is 11.3 Å². The van der Waals surface area contributed by atoms with E-state index < -0.39 is 0 Å². The highest BCUT2D eigenvalue weighted by Gasteiger charge is 2.24. The quantitative estimate of drug-likeness (QED) is 0.873. The molecule has 1 atom stereocenters. The van der Waals surface area contributed by atoms with Crippen LogP contribution in [0.1, 0.15) is 43.6 Å². The van der Waals surface area contributed by atoms with E-state index in [0.717, 1.165) is 24.9 Å². The monoisotopic (exact) mass is 304 g/mol. The van der Waals surface area contributed by atoms with Gasteiger partial charge in [-0.15, -0.1) is 11.3 Å². The summed E-state index contributed by atoms with van der Waals surface area (Å²) in [5.41, 5.74) is 6.45. The molecule has 1 aliphatic rings. The van der Waals surface area contributed by atoms with E-state index in [1.807, 2.05) is 16.3 Å². The van der Waals surface area contributed by atoms with Gasteiger partial charge in [-0.2, -0.15) is 0 Å². The summed E-state index contributed by atoms with van der Waals surface area (Å²) in [5, 5.41) is 2.04. The topological polar surface area (TPSA) is 46.3 Å². The second-order valence-electron chi connectivity index (χ2n) is 5.91. The molecule has 21 heavy (non-hydrogen) atoms. The van der Waals surface area contributed by atoms with Gasteiger partial charge in [0, 0.05) is 23.4 Å². The summed E-state index contributed by atoms with van der Waals surface area (Å²) in [6, 6.07) is 2.02. The van der Waals surface area contributed by atoms with E-state index in [0.29, 0.717) is 31.3 Å². The van der Waals surface area contributed by atoms with E-state index in [9.17, 15) is 4.79 Å². The maximum atomic E-state index is 12.3. The molecule has 2 N–H and O–H groups in total. The van der Waals surface area contributed by atoms with Crippen molar-refractivity contribution in [1.29, 1.82) is 0 Å². The molecular formula is C17H24N2OS. The molecule has 0 saturated carbocycles. The van der Waals surface area contributed by atoms with Gasteiger partial charge in [-0.05, 0) is 36.1 Å². The number of thiophene rings is 1. The Morgan fingerprint density at radius 1 is 1.48 bits per heavy atom. The SMILES string of the molecule is CC(C)C1CCC(=O)N(Cc2sccc2C#CCN)CC1. The van der Waals surface area contributed by atoms with Crippen molar-refractivity contribution in [2.24, 2.45) is 17.6 Å². The maximum Gasteiger partial charge on any atom is 0.222 e. The highest BCUT2D eigenvalue weighted by Crippen LogP contribution is 2.27. The van der Waals surface area contributed by atoms with E-state index in [4.69, 9.17) is 5.73 Å². The summed E-state index contributed by atoms with van der Waals surface area (Å²) in [6.07, 6.45) is 2.81. The van der Waals surface area contributed by atoms with Gasteiger partial charge in [0.25, 0.3) is 0 Å². The minimum Gasteiger partial charge on any atom is -0.338 e. The van der Waals surface area contributed by atoms with Crippen LogP contribution in [0, 0.1) is 23.7 Å². The van der Waals surface area contributed by atoms with Gasteiger partial charge in [0.2, 0.25) is 5.91 Å². The maximum absolute atomic E-state index is 12.3. The molecule has 1 aliphatic heterocycles. The molecule has 0 spiro atoms. The fraction of sp³-hybridized carbons (Fsp3) is 0.588. The van der Waals surface area contributed by atoms with Crippen molar-refractivity contribution >= 4 is 17.2 Å². The fourth-order valence-corrected chi connectivity index (χ4v) is 3.63. The zero-order chi connectivity index (χ0) is 15.2. The Kier molecular flexibility index (Phi) is 5.84. The first-order valence-electron chi connectivity index (χ1n) is 7.65. The molecule has 2 rings (SSSR count). The van der Waals surface area contributed by atoms with Crippen LogP contribution < -0.4 is 5.73 Å². The molecule has 4 heteroatoms. The van der Waals surface area contributed by atoms with Gasteiger partial charge in [-0.25, -0.2) is 0 Å². The number of likely N-dealkylation sites (tertiary alicyclic amines) is 1. The van der Waals surface area contributed by atoms with E-state index in [1.165, 1.54) is 4.88 Å². The van der Waals surface area contributed by atoms with Crippen LogP contribution in [0.25, 0.3) is 0 Å². The van der Waals surface area contributed by atoms with Crippen molar-refractivity contribution in [1.82, 2.24) is 4.90 Å². The number of nitrogens with zero attached hydrogens (tertiary/aromatic N) is 1. The van der Waals surface area contributed by atoms with Crippen LogP contribution in [-0.4, -0.2) is 23.9 Å². The molecule has 2 heterocycles. The molecule has 0 aliphatic carbocycles. The molecule has 0 radical (unpaired) electrons. The molecule has 1 aromatic heterocycles. The van der Waals surface area contributed by atoms with Crippen LogP contribution in [0.4, 0.5) is 0 Å². The van der Waals surface area contributed by atoms with Crippen molar-refractivity contribution in [3.63, 3.8) is 0 Å². The third-order valence-corrected chi connectivity index (χ3v) is 5.11. The van der Waals surface area contributed by atoms with Crippen LogP contribution in [-0.2, 0) is 11.3 Å². The molecule has 1 saturated heterocycles. The van der Waals surface area contributed by atoms with Gasteiger partial charge < -0.3 is 10.6 Å². The molecule has 0 bridgehead atoms. The molecule has 3 nitrogen and oxygen atoms in total. The highest BCUT2D eigenvalue weighted by atomic mass is 32.1. The van der Waals surface area contributed by atoms with Crippen LogP contribution >= 0.6 is 11.3 Å². The second-order valence-corrected chi connectivity index (χ2v) is 6.91. The van der Waals surface area contributed by atoms with Crippen molar-refractivity contribution in [3.05, 3.63) is 21.9 Å². The number of carbonyl (C=O) groups is 1. The Morgan fingerprint density at radius 2 is 2.29 bits per heavy atom. The second kappa shape index (κ2) is 7.63. The number of rotatable bonds is 3. The predicted octanol–water partition coefficient (Wildman–Crippen LogP) is 2.84. The summed E-state index contributed by atoms with van der Waals surface area (Å²) in [7, 11) is 0. The zero-order valence-electron chi connectivity index (χ0n) is 12.9. The average Bonchev–Trinajstić information content (AvgIpc) is 2.81. The molecule has 1 unspecified atom stereocenters. The largest absolute Gasteiger partial charge is 0.338 e. The Morgan fingerprint density at radius 3 is 3.00 bits per heavy atom. The van der Waals surface area contributed by atoms with Crippen LogP contribution in [0.2, 0.25) is 0 Å². The Labute approximate surface area is 131 Å². The van der Waals surface area contributed by atoms with E-state index in [2.05, 4.69) is 25.7 Å². The third-order valence-electron chi connectivity index (χ3n) is 4.20. The van der Waals surface area contributed by atoms with Gasteiger partial charge in [0.15, 0.2) is 0 Å². The van der Waals surface area contributed by atoms with Crippen LogP contribution in [0.5, 0.6) is 0 Å². The summed E-state index contributed by atoms with van der Waals surface area (Å²) in [4.78, 5) is 15.5. The molecule has 1 amide bonds.